The summed E-state index contributed by atoms with van der Waals surface area (Å²) in [6.45, 7) is 9.38. The molecule has 4 aromatic rings. The molecule has 5 heterocycles. The van der Waals surface area contributed by atoms with E-state index in [1.54, 1.807) is 16.9 Å². The molecule has 0 atom stereocenters. The van der Waals surface area contributed by atoms with Crippen LogP contribution in [0.4, 0.5) is 17.2 Å². The predicted molar refractivity (Wildman–Crippen MR) is 134 cm³/mol. The van der Waals surface area contributed by atoms with Crippen molar-refractivity contribution in [1.82, 2.24) is 24.4 Å². The van der Waals surface area contributed by atoms with Gasteiger partial charge < -0.3 is 15.1 Å². The molecule has 1 aliphatic rings. The largest absolute Gasteiger partial charge is 0.366 e. The van der Waals surface area contributed by atoms with Gasteiger partial charge in [0.25, 0.3) is 0 Å². The van der Waals surface area contributed by atoms with Crippen molar-refractivity contribution in [3.63, 3.8) is 0 Å². The summed E-state index contributed by atoms with van der Waals surface area (Å²) in [4.78, 5) is 20.5. The van der Waals surface area contributed by atoms with Crippen LogP contribution >= 0.6 is 0 Å². The SMILES string of the molecule is C=CC(=O)Nc1ccc(N2CCN(c3cc(-c4cnn(CC)c4)cn4ncc(C#N)c34)CC2)nc1. The third-order valence-corrected chi connectivity index (χ3v) is 6.15. The summed E-state index contributed by atoms with van der Waals surface area (Å²) in [5.74, 6) is 0.592. The Morgan fingerprint density at radius 3 is 2.57 bits per heavy atom. The van der Waals surface area contributed by atoms with Gasteiger partial charge in [-0.05, 0) is 31.2 Å². The van der Waals surface area contributed by atoms with E-state index >= 15 is 0 Å². The predicted octanol–water partition coefficient (Wildman–Crippen LogP) is 2.94. The van der Waals surface area contributed by atoms with Crippen LogP contribution in [0.5, 0.6) is 0 Å². The van der Waals surface area contributed by atoms with Gasteiger partial charge in [-0.3, -0.25) is 9.48 Å². The first kappa shape index (κ1) is 22.2. The number of pyridine rings is 2. The lowest BCUT2D eigenvalue weighted by molar-refractivity contribution is -0.111. The first-order valence-electron chi connectivity index (χ1n) is 11.4. The highest BCUT2D eigenvalue weighted by molar-refractivity contribution is 5.98. The molecule has 0 unspecified atom stereocenters. The number of nitrogens with one attached hydrogen (secondary N) is 1. The van der Waals surface area contributed by atoms with Crippen molar-refractivity contribution in [1.29, 1.82) is 5.26 Å². The molecule has 0 radical (unpaired) electrons. The highest BCUT2D eigenvalue weighted by atomic mass is 16.1. The molecule has 35 heavy (non-hydrogen) atoms. The molecule has 1 aliphatic heterocycles. The molecule has 4 aromatic heterocycles. The van der Waals surface area contributed by atoms with Gasteiger partial charge in [-0.1, -0.05) is 6.58 Å². The lowest BCUT2D eigenvalue weighted by atomic mass is 10.1. The van der Waals surface area contributed by atoms with E-state index in [0.29, 0.717) is 11.3 Å². The van der Waals surface area contributed by atoms with Crippen LogP contribution in [0.3, 0.4) is 0 Å². The molecule has 10 heteroatoms. The maximum Gasteiger partial charge on any atom is 0.247 e. The van der Waals surface area contributed by atoms with Crippen molar-refractivity contribution < 1.29 is 4.79 Å². The van der Waals surface area contributed by atoms with Gasteiger partial charge in [0.05, 0.1) is 35.5 Å². The molecule has 5 rings (SSSR count). The molecule has 0 bridgehead atoms. The Morgan fingerprint density at radius 1 is 1.11 bits per heavy atom. The van der Waals surface area contributed by atoms with E-state index < -0.39 is 0 Å². The molecular weight excluding hydrogens is 442 g/mol. The fraction of sp³-hybridized carbons (Fsp3) is 0.240. The summed E-state index contributed by atoms with van der Waals surface area (Å²) < 4.78 is 3.68. The third-order valence-electron chi connectivity index (χ3n) is 6.15. The summed E-state index contributed by atoms with van der Waals surface area (Å²) in [6.07, 6.45) is 10.3. The van der Waals surface area contributed by atoms with Gasteiger partial charge in [-0.2, -0.15) is 15.5 Å². The highest BCUT2D eigenvalue weighted by Crippen LogP contribution is 2.32. The molecule has 176 valence electrons. The molecule has 0 saturated carbocycles. The average Bonchev–Trinajstić information content (AvgIpc) is 3.56. The van der Waals surface area contributed by atoms with E-state index in [-0.39, 0.29) is 5.91 Å². The summed E-state index contributed by atoms with van der Waals surface area (Å²) in [5, 5.41) is 21.2. The number of aromatic nitrogens is 5. The zero-order valence-corrected chi connectivity index (χ0v) is 19.4. The first-order valence-corrected chi connectivity index (χ1v) is 11.4. The molecular formula is C25H25N9O. The molecule has 0 aliphatic carbocycles. The van der Waals surface area contributed by atoms with Crippen LogP contribution in [0.25, 0.3) is 16.6 Å². The van der Waals surface area contributed by atoms with Crippen molar-refractivity contribution >= 4 is 28.6 Å². The van der Waals surface area contributed by atoms with Gasteiger partial charge in [-0.25, -0.2) is 9.50 Å². The zero-order chi connectivity index (χ0) is 24.4. The van der Waals surface area contributed by atoms with Crippen LogP contribution in [0, 0.1) is 11.3 Å². The van der Waals surface area contributed by atoms with Gasteiger partial charge in [0.1, 0.15) is 17.4 Å². The van der Waals surface area contributed by atoms with Crippen LogP contribution in [-0.4, -0.2) is 56.5 Å². The number of fused-ring (bicyclic) bond motifs is 1. The lowest BCUT2D eigenvalue weighted by Crippen LogP contribution is -2.47. The van der Waals surface area contributed by atoms with Gasteiger partial charge in [0.2, 0.25) is 5.91 Å². The smallest absolute Gasteiger partial charge is 0.247 e. The molecule has 1 saturated heterocycles. The van der Waals surface area contributed by atoms with Gasteiger partial charge in [0, 0.05) is 56.2 Å². The monoisotopic (exact) mass is 467 g/mol. The van der Waals surface area contributed by atoms with E-state index in [4.69, 9.17) is 0 Å². The lowest BCUT2D eigenvalue weighted by Gasteiger charge is -2.37. The van der Waals surface area contributed by atoms with E-state index in [9.17, 15) is 10.1 Å². The van der Waals surface area contributed by atoms with Crippen molar-refractivity contribution in [2.24, 2.45) is 0 Å². The number of hydrogen-bond donors (Lipinski definition) is 1. The van der Waals surface area contributed by atoms with Crippen molar-refractivity contribution in [2.75, 3.05) is 41.3 Å². The standard InChI is InChI=1S/C25H25N9O/c1-3-24(35)30-21-5-6-23(27-15-21)32-9-7-31(8-10-32)22-11-18(20-14-28-33(4-2)16-20)17-34-25(22)19(12-26)13-29-34/h3,5-6,11,13-17H,1,4,7-10H2,2H3,(H,30,35). The molecule has 0 spiro atoms. The van der Waals surface area contributed by atoms with Crippen LogP contribution in [0.1, 0.15) is 12.5 Å². The molecule has 0 aromatic carbocycles. The summed E-state index contributed by atoms with van der Waals surface area (Å²) >= 11 is 0. The Hall–Kier alpha value is -4.65. The summed E-state index contributed by atoms with van der Waals surface area (Å²) in [7, 11) is 0. The second-order valence-electron chi connectivity index (χ2n) is 8.23. The Balaban J connectivity index is 1.39. The second kappa shape index (κ2) is 9.30. The number of nitrogens with zero attached hydrogens (tertiary/aromatic N) is 8. The van der Waals surface area contributed by atoms with Crippen LogP contribution < -0.4 is 15.1 Å². The van der Waals surface area contributed by atoms with Crippen LogP contribution in [-0.2, 0) is 11.3 Å². The number of nitriles is 1. The van der Waals surface area contributed by atoms with Crippen LogP contribution in [0.15, 0.2) is 61.8 Å². The van der Waals surface area contributed by atoms with Crippen LogP contribution in [0.2, 0.25) is 0 Å². The minimum absolute atomic E-state index is 0.264. The molecule has 1 amide bonds. The number of carbonyl (C=O) groups excluding carboxylic acids is 1. The summed E-state index contributed by atoms with van der Waals surface area (Å²) in [5.41, 5.74) is 4.99. The number of piperazine rings is 1. The number of rotatable bonds is 6. The quantitative estimate of drug-likeness (QED) is 0.435. The highest BCUT2D eigenvalue weighted by Gasteiger charge is 2.23. The van der Waals surface area contributed by atoms with E-state index in [1.165, 1.54) is 6.08 Å². The normalized spacial score (nSPS) is 13.6. The van der Waals surface area contributed by atoms with Gasteiger partial charge in [0.15, 0.2) is 0 Å². The maximum absolute atomic E-state index is 11.5. The molecule has 1 N–H and O–H groups in total. The molecule has 10 nitrogen and oxygen atoms in total. The Bertz CT molecular complexity index is 1420. The second-order valence-corrected chi connectivity index (χ2v) is 8.23. The van der Waals surface area contributed by atoms with Crippen molar-refractivity contribution in [3.05, 3.63) is 67.4 Å². The van der Waals surface area contributed by atoms with Crippen molar-refractivity contribution in [2.45, 2.75) is 13.5 Å². The van der Waals surface area contributed by atoms with Gasteiger partial charge >= 0.3 is 0 Å². The number of hydrogen-bond acceptors (Lipinski definition) is 7. The topological polar surface area (TPSA) is 107 Å². The fourth-order valence-electron chi connectivity index (χ4n) is 4.28. The molecule has 1 fully saturated rings. The van der Waals surface area contributed by atoms with E-state index in [0.717, 1.165) is 60.9 Å². The number of amides is 1. The first-order chi connectivity index (χ1) is 17.1. The number of aryl methyl sites for hydroxylation is 1. The average molecular weight is 468 g/mol. The van der Waals surface area contributed by atoms with Gasteiger partial charge in [-0.15, -0.1) is 0 Å². The fourth-order valence-corrected chi connectivity index (χ4v) is 4.28. The third kappa shape index (κ3) is 4.31. The Kier molecular flexibility index (Phi) is 5.89. The maximum atomic E-state index is 11.5. The van der Waals surface area contributed by atoms with E-state index in [2.05, 4.69) is 55.9 Å². The number of anilines is 3. The minimum Gasteiger partial charge on any atom is -0.366 e. The Morgan fingerprint density at radius 2 is 1.91 bits per heavy atom. The zero-order valence-electron chi connectivity index (χ0n) is 19.4. The van der Waals surface area contributed by atoms with E-state index in [1.807, 2.05) is 35.4 Å². The van der Waals surface area contributed by atoms with Crippen molar-refractivity contribution in [3.8, 4) is 17.2 Å². The number of carbonyl (C=O) groups is 1. The summed E-state index contributed by atoms with van der Waals surface area (Å²) in [6, 6.07) is 8.15. The minimum atomic E-state index is -0.264. The Labute approximate surface area is 202 Å².